The molecule has 0 aromatic carbocycles. The topological polar surface area (TPSA) is 175 Å². The number of hydrogen-bond acceptors (Lipinski definition) is 11. The molecule has 1 aliphatic rings. The Morgan fingerprint density at radius 2 is 0.781 bits per heavy atom. The molecule has 73 heavy (non-hydrogen) atoms. The first kappa shape index (κ1) is 68.2. The number of unbranched alkanes of at least 4 members (excludes halogenated alkanes) is 34. The van der Waals surface area contributed by atoms with Gasteiger partial charge in [-0.3, -0.25) is 14.4 Å². The van der Waals surface area contributed by atoms with E-state index in [2.05, 4.69) is 45.1 Å². The van der Waals surface area contributed by atoms with Gasteiger partial charge < -0.3 is 39.0 Å². The molecule has 6 unspecified atom stereocenters. The molecule has 1 saturated heterocycles. The monoisotopic (exact) mass is 1030 g/mol. The summed E-state index contributed by atoms with van der Waals surface area (Å²) < 4.78 is 28.4. The zero-order valence-electron chi connectivity index (χ0n) is 46.9. The summed E-state index contributed by atoms with van der Waals surface area (Å²) in [6.07, 6.45) is 44.3. The van der Waals surface area contributed by atoms with Crippen LogP contribution in [0.3, 0.4) is 0 Å². The maximum absolute atomic E-state index is 13.1. The number of allylic oxidation sites excluding steroid dienone is 4. The second-order valence-corrected chi connectivity index (χ2v) is 21.0. The minimum Gasteiger partial charge on any atom is -0.479 e. The largest absolute Gasteiger partial charge is 0.479 e. The smallest absolute Gasteiger partial charge is 0.335 e. The molecule has 1 heterocycles. The lowest BCUT2D eigenvalue weighted by Crippen LogP contribution is -2.61. The molecule has 426 valence electrons. The number of esters is 3. The van der Waals surface area contributed by atoms with Crippen LogP contribution in [-0.2, 0) is 42.9 Å². The number of carboxylic acid groups (broad SMARTS) is 1. The summed E-state index contributed by atoms with van der Waals surface area (Å²) >= 11 is 0. The standard InChI is InChI=1S/C61H110O12/c1-4-7-10-13-16-19-22-25-27-30-32-35-38-41-44-47-53(62)69-50-52(71-54(63)48-45-42-39-36-34-31-28-26-23-20-17-14-11-8-5-2)51-70-61-59(57(66)56(65)58(73-61)60(67)68)72-55(64)49-46-43-40-37-33-29-24-21-18-15-12-9-6-3/h21,24-25,27,52,56-59,61,65-66H,4-20,22-23,26,28-51H2,1-3H3,(H,67,68)/b24-21-,27-25-. The van der Waals surface area contributed by atoms with Gasteiger partial charge in [0.1, 0.15) is 18.8 Å². The number of rotatable bonds is 52. The van der Waals surface area contributed by atoms with E-state index in [4.69, 9.17) is 23.7 Å². The van der Waals surface area contributed by atoms with Gasteiger partial charge in [0, 0.05) is 19.3 Å². The summed E-state index contributed by atoms with van der Waals surface area (Å²) in [4.78, 5) is 51.1. The highest BCUT2D eigenvalue weighted by atomic mass is 16.7. The molecule has 0 aromatic rings. The summed E-state index contributed by atoms with van der Waals surface area (Å²) in [5, 5.41) is 31.5. The van der Waals surface area contributed by atoms with Gasteiger partial charge in [0.15, 0.2) is 24.6 Å². The predicted octanol–water partition coefficient (Wildman–Crippen LogP) is 15.5. The Labute approximate surface area is 445 Å². The number of ether oxygens (including phenoxy) is 5. The highest BCUT2D eigenvalue weighted by Gasteiger charge is 2.50. The highest BCUT2D eigenvalue weighted by Crippen LogP contribution is 2.27. The van der Waals surface area contributed by atoms with Crippen molar-refractivity contribution >= 4 is 23.9 Å². The number of carbonyl (C=O) groups is 4. The van der Waals surface area contributed by atoms with Crippen molar-refractivity contribution in [2.24, 2.45) is 0 Å². The van der Waals surface area contributed by atoms with Crippen molar-refractivity contribution in [3.05, 3.63) is 24.3 Å². The number of aliphatic carboxylic acids is 1. The van der Waals surface area contributed by atoms with Gasteiger partial charge in [-0.05, 0) is 70.6 Å². The molecule has 0 bridgehead atoms. The Balaban J connectivity index is 2.69. The molecule has 3 N–H and O–H groups in total. The van der Waals surface area contributed by atoms with E-state index < -0.39 is 67.3 Å². The summed E-state index contributed by atoms with van der Waals surface area (Å²) in [5.41, 5.74) is 0. The van der Waals surface area contributed by atoms with Gasteiger partial charge >= 0.3 is 23.9 Å². The van der Waals surface area contributed by atoms with Crippen molar-refractivity contribution in [2.75, 3.05) is 13.2 Å². The Bertz CT molecular complexity index is 1370. The summed E-state index contributed by atoms with van der Waals surface area (Å²) in [7, 11) is 0. The number of carboxylic acids is 1. The minimum atomic E-state index is -1.90. The van der Waals surface area contributed by atoms with Crippen LogP contribution in [-0.4, -0.2) is 89.2 Å². The maximum atomic E-state index is 13.1. The second-order valence-electron chi connectivity index (χ2n) is 21.0. The van der Waals surface area contributed by atoms with Crippen LogP contribution in [0.5, 0.6) is 0 Å². The number of aliphatic hydroxyl groups is 2. The molecule has 12 heteroatoms. The number of hydrogen-bond donors (Lipinski definition) is 3. The van der Waals surface area contributed by atoms with E-state index in [-0.39, 0.29) is 25.9 Å². The van der Waals surface area contributed by atoms with Gasteiger partial charge in [0.2, 0.25) is 0 Å². The van der Waals surface area contributed by atoms with Crippen LogP contribution < -0.4 is 0 Å². The van der Waals surface area contributed by atoms with Crippen molar-refractivity contribution in [1.29, 1.82) is 0 Å². The minimum absolute atomic E-state index is 0.0538. The average molecular weight is 1040 g/mol. The van der Waals surface area contributed by atoms with Crippen LogP contribution in [0.25, 0.3) is 0 Å². The van der Waals surface area contributed by atoms with E-state index in [0.29, 0.717) is 19.3 Å². The molecule has 1 rings (SSSR count). The molecule has 0 saturated carbocycles. The van der Waals surface area contributed by atoms with E-state index in [9.17, 15) is 34.5 Å². The Kier molecular flexibility index (Phi) is 46.8. The van der Waals surface area contributed by atoms with Crippen LogP contribution in [0.1, 0.15) is 290 Å². The lowest BCUT2D eigenvalue weighted by molar-refractivity contribution is -0.301. The molecule has 12 nitrogen and oxygen atoms in total. The van der Waals surface area contributed by atoms with Gasteiger partial charge in [-0.2, -0.15) is 0 Å². The maximum Gasteiger partial charge on any atom is 0.335 e. The lowest BCUT2D eigenvalue weighted by atomic mass is 9.98. The van der Waals surface area contributed by atoms with E-state index >= 15 is 0 Å². The van der Waals surface area contributed by atoms with Gasteiger partial charge in [-0.15, -0.1) is 0 Å². The zero-order valence-corrected chi connectivity index (χ0v) is 46.9. The second kappa shape index (κ2) is 50.0. The van der Waals surface area contributed by atoms with E-state index in [1.165, 1.54) is 135 Å². The third kappa shape index (κ3) is 40.2. The fourth-order valence-corrected chi connectivity index (χ4v) is 9.30. The van der Waals surface area contributed by atoms with Crippen LogP contribution in [0, 0.1) is 0 Å². The zero-order chi connectivity index (χ0) is 53.3. The van der Waals surface area contributed by atoms with Gasteiger partial charge in [0.05, 0.1) is 6.61 Å². The first-order valence-electron chi connectivity index (χ1n) is 30.3. The predicted molar refractivity (Wildman–Crippen MR) is 294 cm³/mol. The molecular weight excluding hydrogens is 925 g/mol. The van der Waals surface area contributed by atoms with Crippen molar-refractivity contribution < 1.29 is 58.2 Å². The number of aliphatic hydroxyl groups excluding tert-OH is 2. The van der Waals surface area contributed by atoms with E-state index in [1.54, 1.807) is 0 Å². The molecule has 0 aliphatic carbocycles. The summed E-state index contributed by atoms with van der Waals surface area (Å²) in [6, 6.07) is 0. The third-order valence-corrected chi connectivity index (χ3v) is 14.0. The van der Waals surface area contributed by atoms with Crippen LogP contribution in [0.15, 0.2) is 24.3 Å². The molecule has 6 atom stereocenters. The molecule has 1 aliphatic heterocycles. The molecule has 0 aromatic heterocycles. The van der Waals surface area contributed by atoms with Gasteiger partial charge in [-0.25, -0.2) is 4.79 Å². The molecule has 0 radical (unpaired) electrons. The van der Waals surface area contributed by atoms with Crippen molar-refractivity contribution in [3.8, 4) is 0 Å². The fraction of sp³-hybridized carbons (Fsp3) is 0.869. The Hall–Kier alpha value is -2.80. The van der Waals surface area contributed by atoms with Crippen LogP contribution in [0.4, 0.5) is 0 Å². The van der Waals surface area contributed by atoms with Crippen molar-refractivity contribution in [3.63, 3.8) is 0 Å². The van der Waals surface area contributed by atoms with Crippen LogP contribution in [0.2, 0.25) is 0 Å². The SMILES string of the molecule is CCCCCC/C=C\CCCCCCCC(=O)OC1C(OCC(COC(=O)CCCCCCC/C=C\CCCCCCCC)OC(=O)CCCCCCCCCCCCCCCCC)OC(C(=O)O)C(O)C1O. The summed E-state index contributed by atoms with van der Waals surface area (Å²) in [6.45, 7) is 5.99. The quantitative estimate of drug-likeness (QED) is 0.0228. The average Bonchev–Trinajstić information content (AvgIpc) is 3.37. The Morgan fingerprint density at radius 1 is 0.438 bits per heavy atom. The molecule has 1 fully saturated rings. The van der Waals surface area contributed by atoms with Crippen molar-refractivity contribution in [1.82, 2.24) is 0 Å². The molecule has 0 spiro atoms. The number of carbonyl (C=O) groups excluding carboxylic acids is 3. The van der Waals surface area contributed by atoms with Gasteiger partial charge in [0.25, 0.3) is 0 Å². The molecular formula is C61H110O12. The van der Waals surface area contributed by atoms with Gasteiger partial charge in [-0.1, -0.05) is 225 Å². The fourth-order valence-electron chi connectivity index (χ4n) is 9.30. The summed E-state index contributed by atoms with van der Waals surface area (Å²) in [5.74, 6) is -3.11. The highest BCUT2D eigenvalue weighted by molar-refractivity contribution is 5.74. The first-order chi connectivity index (χ1) is 35.6. The van der Waals surface area contributed by atoms with E-state index in [0.717, 1.165) is 96.3 Å². The van der Waals surface area contributed by atoms with Crippen molar-refractivity contribution in [2.45, 2.75) is 327 Å². The Morgan fingerprint density at radius 3 is 1.18 bits per heavy atom. The van der Waals surface area contributed by atoms with E-state index in [1.807, 2.05) is 0 Å². The first-order valence-corrected chi connectivity index (χ1v) is 30.3. The third-order valence-electron chi connectivity index (χ3n) is 14.0. The van der Waals surface area contributed by atoms with Crippen LogP contribution >= 0.6 is 0 Å². The molecule has 0 amide bonds. The normalized spacial score (nSPS) is 18.4. The lowest BCUT2D eigenvalue weighted by Gasteiger charge is -2.40.